The van der Waals surface area contributed by atoms with Crippen molar-refractivity contribution < 1.29 is 19.7 Å². The molecule has 170 valence electrons. The summed E-state index contributed by atoms with van der Waals surface area (Å²) in [6.07, 6.45) is 19.4. The Hall–Kier alpha value is -0.160. The zero-order chi connectivity index (χ0) is 20.7. The molecule has 0 aromatic heterocycles. The lowest BCUT2D eigenvalue weighted by molar-refractivity contribution is -0.110. The maximum absolute atomic E-state index is 9.58. The molecule has 0 aliphatic carbocycles. The minimum atomic E-state index is -0.413. The van der Waals surface area contributed by atoms with Crippen molar-refractivity contribution in [1.82, 2.24) is 0 Å². The summed E-state index contributed by atoms with van der Waals surface area (Å²) < 4.78 is 11.6. The van der Waals surface area contributed by atoms with Crippen LogP contribution in [0.1, 0.15) is 117 Å². The van der Waals surface area contributed by atoms with Gasteiger partial charge in [0.15, 0.2) is 0 Å². The van der Waals surface area contributed by atoms with Crippen LogP contribution in [-0.2, 0) is 9.47 Å². The molecule has 0 aromatic rings. The molecule has 28 heavy (non-hydrogen) atoms. The maximum Gasteiger partial charge on any atom is 0.109 e. The monoisotopic (exact) mass is 402 g/mol. The Balaban J connectivity index is 3.64. The molecule has 0 spiro atoms. The quantitative estimate of drug-likeness (QED) is 0.205. The van der Waals surface area contributed by atoms with Crippen molar-refractivity contribution >= 4 is 0 Å². The molecule has 0 aliphatic heterocycles. The van der Waals surface area contributed by atoms with Crippen molar-refractivity contribution in [2.24, 2.45) is 0 Å². The number of unbranched alkanes of at least 4 members (excludes halogenated alkanes) is 14. The van der Waals surface area contributed by atoms with Gasteiger partial charge in [-0.1, -0.05) is 104 Å². The maximum atomic E-state index is 9.58. The van der Waals surface area contributed by atoms with Gasteiger partial charge in [0, 0.05) is 13.2 Å². The Morgan fingerprint density at radius 3 is 1.04 bits per heavy atom. The summed E-state index contributed by atoms with van der Waals surface area (Å²) in [5.74, 6) is 0. The number of aliphatic hydroxyl groups excluding tert-OH is 2. The van der Waals surface area contributed by atoms with E-state index in [1.165, 1.54) is 89.9 Å². The first-order valence-electron chi connectivity index (χ1n) is 12.2. The normalized spacial score (nSPS) is 13.7. The molecule has 0 rings (SSSR count). The summed E-state index contributed by atoms with van der Waals surface area (Å²) in [7, 11) is 0. The third-order valence-electron chi connectivity index (χ3n) is 5.43. The molecule has 0 saturated heterocycles. The van der Waals surface area contributed by atoms with Crippen LogP contribution >= 0.6 is 0 Å². The van der Waals surface area contributed by atoms with Crippen LogP contribution in [0.2, 0.25) is 0 Å². The van der Waals surface area contributed by atoms with E-state index in [2.05, 4.69) is 13.8 Å². The molecule has 0 unspecified atom stereocenters. The van der Waals surface area contributed by atoms with Gasteiger partial charge in [-0.25, -0.2) is 0 Å². The van der Waals surface area contributed by atoms with Crippen LogP contribution in [0.4, 0.5) is 0 Å². The van der Waals surface area contributed by atoms with Crippen molar-refractivity contribution in [2.75, 3.05) is 26.4 Å². The molecule has 0 aromatic carbocycles. The summed E-state index contributed by atoms with van der Waals surface area (Å²) in [6.45, 7) is 5.57. The fraction of sp³-hybridized carbons (Fsp3) is 1.00. The van der Waals surface area contributed by atoms with E-state index >= 15 is 0 Å². The van der Waals surface area contributed by atoms with Crippen LogP contribution in [0, 0.1) is 0 Å². The highest BCUT2D eigenvalue weighted by Crippen LogP contribution is 2.12. The van der Waals surface area contributed by atoms with Gasteiger partial charge in [-0.2, -0.15) is 0 Å². The van der Waals surface area contributed by atoms with E-state index in [1.54, 1.807) is 0 Å². The van der Waals surface area contributed by atoms with E-state index < -0.39 is 12.2 Å². The molecule has 4 heteroatoms. The molecule has 2 N–H and O–H groups in total. The van der Waals surface area contributed by atoms with Crippen molar-refractivity contribution in [3.05, 3.63) is 0 Å². The van der Waals surface area contributed by atoms with E-state index in [0.29, 0.717) is 13.2 Å². The molecule has 0 saturated carbocycles. The van der Waals surface area contributed by atoms with Gasteiger partial charge in [-0.05, 0) is 12.8 Å². The van der Waals surface area contributed by atoms with Crippen LogP contribution in [-0.4, -0.2) is 48.8 Å². The Kier molecular flexibility index (Phi) is 23.0. The molecule has 0 bridgehead atoms. The first-order chi connectivity index (χ1) is 13.8. The number of rotatable bonds is 23. The van der Waals surface area contributed by atoms with Crippen molar-refractivity contribution in [2.45, 2.75) is 129 Å². The number of aliphatic hydroxyl groups is 2. The predicted octanol–water partition coefficient (Wildman–Crippen LogP) is 6.02. The molecule has 0 amide bonds. The highest BCUT2D eigenvalue weighted by atomic mass is 16.6. The van der Waals surface area contributed by atoms with E-state index in [9.17, 15) is 10.2 Å². The first kappa shape index (κ1) is 27.8. The zero-order valence-electron chi connectivity index (χ0n) is 19.0. The highest BCUT2D eigenvalue weighted by molar-refractivity contribution is 4.69. The zero-order valence-corrected chi connectivity index (χ0v) is 19.0. The fourth-order valence-corrected chi connectivity index (χ4v) is 3.50. The standard InChI is InChI=1S/C24H50O4/c1-3-5-7-9-11-13-15-17-19-27-23(21-25)24(22-26)28-20-18-16-14-12-10-8-6-4-2/h23-26H,3-22H2,1-2H3/t23-,24-/m0/s1. The van der Waals surface area contributed by atoms with Crippen LogP contribution in [0.3, 0.4) is 0 Å². The molecule has 0 radical (unpaired) electrons. The average molecular weight is 403 g/mol. The predicted molar refractivity (Wildman–Crippen MR) is 119 cm³/mol. The van der Waals surface area contributed by atoms with Gasteiger partial charge < -0.3 is 19.7 Å². The lowest BCUT2D eigenvalue weighted by Crippen LogP contribution is -2.38. The average Bonchev–Trinajstić information content (AvgIpc) is 2.72. The number of hydrogen-bond donors (Lipinski definition) is 2. The van der Waals surface area contributed by atoms with E-state index in [-0.39, 0.29) is 13.2 Å². The third kappa shape index (κ3) is 17.9. The van der Waals surface area contributed by atoms with Crippen molar-refractivity contribution in [3.8, 4) is 0 Å². The highest BCUT2D eigenvalue weighted by Gasteiger charge is 2.21. The van der Waals surface area contributed by atoms with Crippen LogP contribution in [0.25, 0.3) is 0 Å². The molecule has 0 fully saturated rings. The van der Waals surface area contributed by atoms with Gasteiger partial charge in [0.05, 0.1) is 13.2 Å². The number of hydrogen-bond acceptors (Lipinski definition) is 4. The van der Waals surface area contributed by atoms with Crippen LogP contribution in [0.5, 0.6) is 0 Å². The molecule has 0 aliphatic rings. The molecule has 4 nitrogen and oxygen atoms in total. The van der Waals surface area contributed by atoms with Crippen LogP contribution in [0.15, 0.2) is 0 Å². The Labute approximate surface area is 175 Å². The Morgan fingerprint density at radius 1 is 0.464 bits per heavy atom. The minimum absolute atomic E-state index is 0.0975. The van der Waals surface area contributed by atoms with Gasteiger partial charge in [-0.3, -0.25) is 0 Å². The Morgan fingerprint density at radius 2 is 0.750 bits per heavy atom. The lowest BCUT2D eigenvalue weighted by atomic mass is 10.1. The summed E-state index contributed by atoms with van der Waals surface area (Å²) in [4.78, 5) is 0. The van der Waals surface area contributed by atoms with Gasteiger partial charge in [-0.15, -0.1) is 0 Å². The number of ether oxygens (including phenoxy) is 2. The van der Waals surface area contributed by atoms with Crippen molar-refractivity contribution in [3.63, 3.8) is 0 Å². The van der Waals surface area contributed by atoms with E-state index in [4.69, 9.17) is 9.47 Å². The van der Waals surface area contributed by atoms with E-state index in [1.807, 2.05) is 0 Å². The van der Waals surface area contributed by atoms with Crippen molar-refractivity contribution in [1.29, 1.82) is 0 Å². The summed E-state index contributed by atoms with van der Waals surface area (Å²) in [5, 5.41) is 19.2. The first-order valence-corrected chi connectivity index (χ1v) is 12.2. The Bertz CT molecular complexity index is 258. The summed E-state index contributed by atoms with van der Waals surface area (Å²) >= 11 is 0. The van der Waals surface area contributed by atoms with Gasteiger partial charge in [0.25, 0.3) is 0 Å². The topological polar surface area (TPSA) is 58.9 Å². The van der Waals surface area contributed by atoms with Gasteiger partial charge in [0.1, 0.15) is 12.2 Å². The SMILES string of the molecule is CCCCCCCCCCO[C@@H](CO)[C@H](CO)OCCCCCCCCCC. The smallest absolute Gasteiger partial charge is 0.109 e. The third-order valence-corrected chi connectivity index (χ3v) is 5.43. The fourth-order valence-electron chi connectivity index (χ4n) is 3.50. The van der Waals surface area contributed by atoms with Gasteiger partial charge in [0.2, 0.25) is 0 Å². The van der Waals surface area contributed by atoms with Gasteiger partial charge >= 0.3 is 0 Å². The largest absolute Gasteiger partial charge is 0.394 e. The lowest BCUT2D eigenvalue weighted by Gasteiger charge is -2.24. The summed E-state index contributed by atoms with van der Waals surface area (Å²) in [5.41, 5.74) is 0. The second-order valence-electron chi connectivity index (χ2n) is 8.13. The molecular weight excluding hydrogens is 352 g/mol. The van der Waals surface area contributed by atoms with E-state index in [0.717, 1.165) is 12.8 Å². The second kappa shape index (κ2) is 23.1. The summed E-state index contributed by atoms with van der Waals surface area (Å²) in [6, 6.07) is 0. The molecule has 2 atom stereocenters. The minimum Gasteiger partial charge on any atom is -0.394 e. The second-order valence-corrected chi connectivity index (χ2v) is 8.13. The molecular formula is C24H50O4. The van der Waals surface area contributed by atoms with Crippen LogP contribution < -0.4 is 0 Å². The molecule has 0 heterocycles.